The standard InChI is InChI=1S/C7H7ClF2N2/c8-2-6-5(11)1-4(3-12-6)7(9)10/h1,3,7H,2,11H2. The first-order chi connectivity index (χ1) is 5.65. The van der Waals surface area contributed by atoms with Gasteiger partial charge in [0, 0.05) is 11.8 Å². The van der Waals surface area contributed by atoms with Crippen molar-refractivity contribution in [2.45, 2.75) is 12.3 Å². The topological polar surface area (TPSA) is 38.9 Å². The lowest BCUT2D eigenvalue weighted by molar-refractivity contribution is 0.151. The van der Waals surface area contributed by atoms with Crippen molar-refractivity contribution in [3.05, 3.63) is 23.5 Å². The Hall–Kier alpha value is -0.900. The van der Waals surface area contributed by atoms with E-state index in [0.29, 0.717) is 5.69 Å². The minimum Gasteiger partial charge on any atom is -0.397 e. The van der Waals surface area contributed by atoms with Crippen LogP contribution in [0.4, 0.5) is 14.5 Å². The van der Waals surface area contributed by atoms with Crippen LogP contribution in [0.1, 0.15) is 17.7 Å². The fourth-order valence-corrected chi connectivity index (χ4v) is 0.981. The van der Waals surface area contributed by atoms with Gasteiger partial charge in [0.05, 0.1) is 17.3 Å². The monoisotopic (exact) mass is 192 g/mol. The van der Waals surface area contributed by atoms with E-state index in [4.69, 9.17) is 17.3 Å². The molecule has 0 saturated carbocycles. The van der Waals surface area contributed by atoms with Crippen LogP contribution in [0.3, 0.4) is 0 Å². The number of rotatable bonds is 2. The van der Waals surface area contributed by atoms with Crippen LogP contribution in [0.2, 0.25) is 0 Å². The van der Waals surface area contributed by atoms with Gasteiger partial charge in [0.15, 0.2) is 0 Å². The normalized spacial score (nSPS) is 10.7. The number of anilines is 1. The van der Waals surface area contributed by atoms with Gasteiger partial charge in [0.25, 0.3) is 6.43 Å². The van der Waals surface area contributed by atoms with Gasteiger partial charge in [0.1, 0.15) is 0 Å². The van der Waals surface area contributed by atoms with Gasteiger partial charge >= 0.3 is 0 Å². The van der Waals surface area contributed by atoms with Crippen molar-refractivity contribution in [1.82, 2.24) is 4.98 Å². The summed E-state index contributed by atoms with van der Waals surface area (Å²) >= 11 is 5.43. The first-order valence-electron chi connectivity index (χ1n) is 3.23. The minimum absolute atomic E-state index is 0.134. The number of pyridine rings is 1. The molecule has 1 heterocycles. The molecule has 2 N–H and O–H groups in total. The van der Waals surface area contributed by atoms with Gasteiger partial charge in [-0.3, -0.25) is 4.98 Å². The van der Waals surface area contributed by atoms with E-state index in [9.17, 15) is 8.78 Å². The van der Waals surface area contributed by atoms with E-state index >= 15 is 0 Å². The highest BCUT2D eigenvalue weighted by atomic mass is 35.5. The molecule has 0 radical (unpaired) electrons. The molecule has 0 atom stereocenters. The summed E-state index contributed by atoms with van der Waals surface area (Å²) in [5.41, 5.74) is 5.85. The van der Waals surface area contributed by atoms with Crippen LogP contribution in [-0.2, 0) is 5.88 Å². The molecule has 0 spiro atoms. The summed E-state index contributed by atoms with van der Waals surface area (Å²) in [6, 6.07) is 1.19. The smallest absolute Gasteiger partial charge is 0.265 e. The van der Waals surface area contributed by atoms with Crippen LogP contribution in [0.15, 0.2) is 12.3 Å². The van der Waals surface area contributed by atoms with Crippen LogP contribution >= 0.6 is 11.6 Å². The summed E-state index contributed by atoms with van der Waals surface area (Å²) in [6.45, 7) is 0. The number of nitrogens with zero attached hydrogens (tertiary/aromatic N) is 1. The molecule has 66 valence electrons. The summed E-state index contributed by atoms with van der Waals surface area (Å²) in [6.07, 6.45) is -1.46. The van der Waals surface area contributed by atoms with Crippen molar-refractivity contribution in [2.75, 3.05) is 5.73 Å². The van der Waals surface area contributed by atoms with Crippen molar-refractivity contribution in [1.29, 1.82) is 0 Å². The summed E-state index contributed by atoms with van der Waals surface area (Å²) < 4.78 is 24.1. The van der Waals surface area contributed by atoms with E-state index in [2.05, 4.69) is 4.98 Å². The van der Waals surface area contributed by atoms with Gasteiger partial charge in [-0.1, -0.05) is 0 Å². The third-order valence-electron chi connectivity index (χ3n) is 1.40. The summed E-state index contributed by atoms with van der Waals surface area (Å²) in [5.74, 6) is 0.134. The number of alkyl halides is 3. The molecule has 0 aromatic carbocycles. The molecule has 0 aliphatic heterocycles. The zero-order valence-electron chi connectivity index (χ0n) is 6.10. The SMILES string of the molecule is Nc1cc(C(F)F)cnc1CCl. The second kappa shape index (κ2) is 3.67. The quantitative estimate of drug-likeness (QED) is 0.731. The van der Waals surface area contributed by atoms with Crippen LogP contribution in [0.5, 0.6) is 0 Å². The third-order valence-corrected chi connectivity index (χ3v) is 1.66. The highest BCUT2D eigenvalue weighted by Gasteiger charge is 2.09. The first kappa shape index (κ1) is 9.19. The van der Waals surface area contributed by atoms with Gasteiger partial charge in [-0.2, -0.15) is 0 Å². The van der Waals surface area contributed by atoms with Gasteiger partial charge < -0.3 is 5.73 Å². The molecule has 5 heteroatoms. The van der Waals surface area contributed by atoms with E-state index in [1.54, 1.807) is 0 Å². The Balaban J connectivity index is 3.02. The molecule has 12 heavy (non-hydrogen) atoms. The zero-order valence-corrected chi connectivity index (χ0v) is 6.85. The number of halogens is 3. The van der Waals surface area contributed by atoms with E-state index in [1.165, 1.54) is 6.07 Å². The van der Waals surface area contributed by atoms with E-state index in [-0.39, 0.29) is 17.1 Å². The zero-order chi connectivity index (χ0) is 9.14. The predicted molar refractivity (Wildman–Crippen MR) is 43.2 cm³/mol. The van der Waals surface area contributed by atoms with Crippen LogP contribution in [-0.4, -0.2) is 4.98 Å². The molecule has 1 aromatic heterocycles. The Kier molecular flexibility index (Phi) is 2.81. The summed E-state index contributed by atoms with van der Waals surface area (Å²) in [4.78, 5) is 3.68. The highest BCUT2D eigenvalue weighted by Crippen LogP contribution is 2.21. The molecular formula is C7H7ClF2N2. The number of nitrogens with two attached hydrogens (primary N) is 1. The molecule has 2 nitrogen and oxygen atoms in total. The molecule has 0 aliphatic rings. The first-order valence-corrected chi connectivity index (χ1v) is 3.77. The Morgan fingerprint density at radius 3 is 2.67 bits per heavy atom. The fraction of sp³-hybridized carbons (Fsp3) is 0.286. The van der Waals surface area contributed by atoms with Gasteiger partial charge in [-0.15, -0.1) is 11.6 Å². The second-order valence-corrected chi connectivity index (χ2v) is 2.51. The molecule has 0 fully saturated rings. The molecule has 0 unspecified atom stereocenters. The van der Waals surface area contributed by atoms with Gasteiger partial charge in [0.2, 0.25) is 0 Å². The molecule has 0 saturated heterocycles. The maximum atomic E-state index is 12.1. The Labute approximate surface area is 73.4 Å². The van der Waals surface area contributed by atoms with E-state index in [0.717, 1.165) is 6.20 Å². The van der Waals surface area contributed by atoms with E-state index < -0.39 is 6.43 Å². The van der Waals surface area contributed by atoms with Crippen LogP contribution in [0.25, 0.3) is 0 Å². The Bertz CT molecular complexity index is 278. The number of hydrogen-bond acceptors (Lipinski definition) is 2. The van der Waals surface area contributed by atoms with Crippen molar-refractivity contribution in [3.63, 3.8) is 0 Å². The maximum Gasteiger partial charge on any atom is 0.265 e. The lowest BCUT2D eigenvalue weighted by Gasteiger charge is -2.03. The van der Waals surface area contributed by atoms with E-state index in [1.807, 2.05) is 0 Å². The van der Waals surface area contributed by atoms with Crippen molar-refractivity contribution >= 4 is 17.3 Å². The molecule has 0 amide bonds. The maximum absolute atomic E-state index is 12.1. The van der Waals surface area contributed by atoms with Crippen LogP contribution < -0.4 is 5.73 Å². The Morgan fingerprint density at radius 1 is 1.58 bits per heavy atom. The largest absolute Gasteiger partial charge is 0.397 e. The molecule has 0 aliphatic carbocycles. The second-order valence-electron chi connectivity index (χ2n) is 2.24. The number of nitrogen functional groups attached to an aromatic ring is 1. The minimum atomic E-state index is -2.54. The molecule has 1 aromatic rings. The summed E-state index contributed by atoms with van der Waals surface area (Å²) in [7, 11) is 0. The highest BCUT2D eigenvalue weighted by molar-refractivity contribution is 6.17. The lowest BCUT2D eigenvalue weighted by atomic mass is 10.2. The van der Waals surface area contributed by atoms with Crippen molar-refractivity contribution < 1.29 is 8.78 Å². The fourth-order valence-electron chi connectivity index (χ4n) is 0.758. The number of hydrogen-bond donors (Lipinski definition) is 1. The predicted octanol–water partition coefficient (Wildman–Crippen LogP) is 2.34. The van der Waals surface area contributed by atoms with Gasteiger partial charge in [-0.25, -0.2) is 8.78 Å². The van der Waals surface area contributed by atoms with Crippen molar-refractivity contribution in [3.8, 4) is 0 Å². The molecule has 1 rings (SSSR count). The Morgan fingerprint density at radius 2 is 2.25 bits per heavy atom. The van der Waals surface area contributed by atoms with Gasteiger partial charge in [-0.05, 0) is 6.07 Å². The summed E-state index contributed by atoms with van der Waals surface area (Å²) in [5, 5.41) is 0. The molecule has 0 bridgehead atoms. The van der Waals surface area contributed by atoms with Crippen molar-refractivity contribution in [2.24, 2.45) is 0 Å². The lowest BCUT2D eigenvalue weighted by Crippen LogP contribution is -1.97. The third kappa shape index (κ3) is 1.82. The average molecular weight is 193 g/mol. The number of aromatic nitrogens is 1. The average Bonchev–Trinajstić information content (AvgIpc) is 2.04. The molecular weight excluding hydrogens is 186 g/mol. The van der Waals surface area contributed by atoms with Crippen LogP contribution in [0, 0.1) is 0 Å².